The molecule has 2 heterocycles. The summed E-state index contributed by atoms with van der Waals surface area (Å²) >= 11 is 1.20. The van der Waals surface area contributed by atoms with Gasteiger partial charge in [0.15, 0.2) is 10.8 Å². The molecule has 0 aromatic rings. The molecule has 1 fully saturated rings. The van der Waals surface area contributed by atoms with Crippen molar-refractivity contribution < 1.29 is 28.1 Å². The molecule has 21 heavy (non-hydrogen) atoms. The number of thioether (sulfide) groups is 1. The van der Waals surface area contributed by atoms with Crippen LogP contribution in [0.25, 0.3) is 0 Å². The highest BCUT2D eigenvalue weighted by molar-refractivity contribution is 8.14. The Hall–Kier alpha value is -0.510. The number of hydrogen-bond acceptors (Lipinski definition) is 6. The molecule has 0 aromatic heterocycles. The Balaban J connectivity index is 2.25. The van der Waals surface area contributed by atoms with E-state index in [1.807, 2.05) is 0 Å². The van der Waals surface area contributed by atoms with Crippen LogP contribution in [0.4, 0.5) is 13.2 Å². The fraction of sp³-hybridized carbons (Fsp3) is 0.917. The summed E-state index contributed by atoms with van der Waals surface area (Å²) in [6.45, 7) is 2.24. The van der Waals surface area contributed by atoms with Gasteiger partial charge in [-0.2, -0.15) is 13.2 Å². The van der Waals surface area contributed by atoms with E-state index in [2.05, 4.69) is 4.99 Å². The highest BCUT2D eigenvalue weighted by Gasteiger charge is 2.62. The van der Waals surface area contributed by atoms with Crippen LogP contribution in [0.1, 0.15) is 13.8 Å². The molecule has 0 spiro atoms. The number of aliphatic hydroxyl groups is 2. The number of rotatable bonds is 1. The van der Waals surface area contributed by atoms with Gasteiger partial charge in [-0.25, -0.2) is 0 Å². The normalized spacial score (nSPS) is 39.5. The van der Waals surface area contributed by atoms with Gasteiger partial charge in [0, 0.05) is 20.0 Å². The second-order valence-electron chi connectivity index (χ2n) is 5.83. The lowest BCUT2D eigenvalue weighted by molar-refractivity contribution is -0.313. The van der Waals surface area contributed by atoms with Crippen LogP contribution in [-0.4, -0.2) is 69.8 Å². The van der Waals surface area contributed by atoms with Gasteiger partial charge < -0.3 is 19.8 Å². The standard InChI is InChI=1S/C12H19F3N2O3S/c1-5-6-9(21-10(16-6)17(3)4)20-8(7(5)18)11(2,19)12(13,14)15/h5-9,18-19H,1-4H3. The largest absolute Gasteiger partial charge is 0.419 e. The highest BCUT2D eigenvalue weighted by atomic mass is 32.2. The maximum Gasteiger partial charge on any atom is 0.419 e. The maximum atomic E-state index is 13.0. The maximum absolute atomic E-state index is 13.0. The fourth-order valence-electron chi connectivity index (χ4n) is 2.42. The molecule has 5 nitrogen and oxygen atoms in total. The molecule has 0 radical (unpaired) electrons. The quantitative estimate of drug-likeness (QED) is 0.753. The lowest BCUT2D eigenvalue weighted by Crippen LogP contribution is -2.64. The van der Waals surface area contributed by atoms with Crippen LogP contribution in [0.5, 0.6) is 0 Å². The van der Waals surface area contributed by atoms with Crippen molar-refractivity contribution in [2.24, 2.45) is 10.9 Å². The van der Waals surface area contributed by atoms with Gasteiger partial charge >= 0.3 is 6.18 Å². The van der Waals surface area contributed by atoms with Gasteiger partial charge in [0.25, 0.3) is 0 Å². The Morgan fingerprint density at radius 3 is 2.38 bits per heavy atom. The topological polar surface area (TPSA) is 65.3 Å². The number of halogens is 3. The van der Waals surface area contributed by atoms with Crippen LogP contribution < -0.4 is 0 Å². The first-order valence-corrected chi connectivity index (χ1v) is 7.39. The van der Waals surface area contributed by atoms with Gasteiger partial charge in [0.05, 0.1) is 12.1 Å². The predicted molar refractivity (Wildman–Crippen MR) is 73.0 cm³/mol. The van der Waals surface area contributed by atoms with Crippen LogP contribution in [0.2, 0.25) is 0 Å². The third-order valence-electron chi connectivity index (χ3n) is 3.94. The highest BCUT2D eigenvalue weighted by Crippen LogP contribution is 2.45. The molecule has 2 rings (SSSR count). The lowest BCUT2D eigenvalue weighted by Gasteiger charge is -2.45. The second-order valence-corrected chi connectivity index (χ2v) is 6.90. The van der Waals surface area contributed by atoms with E-state index in [4.69, 9.17) is 4.74 Å². The van der Waals surface area contributed by atoms with Gasteiger partial charge in [-0.3, -0.25) is 4.99 Å². The van der Waals surface area contributed by atoms with Gasteiger partial charge in [0.2, 0.25) is 0 Å². The molecule has 6 atom stereocenters. The Morgan fingerprint density at radius 2 is 1.90 bits per heavy atom. The average Bonchev–Trinajstić information content (AvgIpc) is 2.76. The Bertz CT molecular complexity index is 442. The van der Waals surface area contributed by atoms with E-state index < -0.39 is 41.4 Å². The van der Waals surface area contributed by atoms with Crippen molar-refractivity contribution in [2.45, 2.75) is 49.3 Å². The first-order valence-electron chi connectivity index (χ1n) is 6.51. The number of hydrogen-bond donors (Lipinski definition) is 2. The number of amidine groups is 1. The fourth-order valence-corrected chi connectivity index (χ4v) is 3.64. The van der Waals surface area contributed by atoms with Crippen molar-refractivity contribution in [1.82, 2.24) is 4.90 Å². The predicted octanol–water partition coefficient (Wildman–Crippen LogP) is 1.05. The average molecular weight is 328 g/mol. The van der Waals surface area contributed by atoms with E-state index in [-0.39, 0.29) is 0 Å². The summed E-state index contributed by atoms with van der Waals surface area (Å²) in [4.78, 5) is 6.12. The Morgan fingerprint density at radius 1 is 1.33 bits per heavy atom. The number of fused-ring (bicyclic) bond motifs is 1. The molecule has 2 N–H and O–H groups in total. The summed E-state index contributed by atoms with van der Waals surface area (Å²) in [5, 5.41) is 20.6. The number of ether oxygens (including phenoxy) is 1. The van der Waals surface area contributed by atoms with E-state index in [1.165, 1.54) is 11.8 Å². The molecule has 6 unspecified atom stereocenters. The molecule has 0 bridgehead atoms. The molecule has 0 saturated carbocycles. The van der Waals surface area contributed by atoms with Crippen LogP contribution in [0.3, 0.4) is 0 Å². The summed E-state index contributed by atoms with van der Waals surface area (Å²) in [5.74, 6) is -0.549. The molecule has 9 heteroatoms. The third-order valence-corrected chi connectivity index (χ3v) is 5.24. The molecule has 0 aliphatic carbocycles. The zero-order chi connectivity index (χ0) is 16.2. The van der Waals surface area contributed by atoms with E-state index in [0.717, 1.165) is 0 Å². The lowest BCUT2D eigenvalue weighted by atomic mass is 9.82. The number of aliphatic hydroxyl groups excluding tert-OH is 1. The van der Waals surface area contributed by atoms with Crippen molar-refractivity contribution in [1.29, 1.82) is 0 Å². The van der Waals surface area contributed by atoms with Crippen LogP contribution in [0.15, 0.2) is 4.99 Å². The first kappa shape index (κ1) is 16.9. The number of nitrogens with zero attached hydrogens (tertiary/aromatic N) is 2. The SMILES string of the molecule is CC1C(O)C(C(C)(O)C(F)(F)F)OC2SC(N(C)C)=NC21. The Kier molecular flexibility index (Phi) is 4.25. The van der Waals surface area contributed by atoms with Gasteiger partial charge in [0.1, 0.15) is 11.5 Å². The molecule has 2 aliphatic heterocycles. The van der Waals surface area contributed by atoms with Crippen molar-refractivity contribution >= 4 is 16.9 Å². The van der Waals surface area contributed by atoms with E-state index in [9.17, 15) is 23.4 Å². The van der Waals surface area contributed by atoms with Crippen LogP contribution >= 0.6 is 11.8 Å². The monoisotopic (exact) mass is 328 g/mol. The summed E-state index contributed by atoms with van der Waals surface area (Å²) < 4.78 is 44.3. The van der Waals surface area contributed by atoms with E-state index in [1.54, 1.807) is 25.9 Å². The molecule has 0 amide bonds. The molecular weight excluding hydrogens is 309 g/mol. The van der Waals surface area contributed by atoms with E-state index >= 15 is 0 Å². The van der Waals surface area contributed by atoms with Crippen LogP contribution in [-0.2, 0) is 4.74 Å². The second kappa shape index (κ2) is 5.29. The number of aliphatic imine (C=N–C) groups is 1. The van der Waals surface area contributed by atoms with Crippen molar-refractivity contribution in [2.75, 3.05) is 14.1 Å². The van der Waals surface area contributed by atoms with Crippen LogP contribution in [0, 0.1) is 5.92 Å². The van der Waals surface area contributed by atoms with Crippen molar-refractivity contribution in [3.8, 4) is 0 Å². The minimum absolute atomic E-state index is 0.428. The van der Waals surface area contributed by atoms with Crippen molar-refractivity contribution in [3.63, 3.8) is 0 Å². The molecule has 122 valence electrons. The Labute approximate surface area is 125 Å². The number of alkyl halides is 3. The summed E-state index contributed by atoms with van der Waals surface area (Å²) in [7, 11) is 3.54. The summed E-state index contributed by atoms with van der Waals surface area (Å²) in [6, 6.07) is -0.428. The minimum Gasteiger partial charge on any atom is -0.390 e. The zero-order valence-corrected chi connectivity index (χ0v) is 12.9. The van der Waals surface area contributed by atoms with Crippen molar-refractivity contribution in [3.05, 3.63) is 0 Å². The molecular formula is C12H19F3N2O3S. The summed E-state index contributed by atoms with van der Waals surface area (Å²) in [5.41, 5.74) is -3.76. The third kappa shape index (κ3) is 2.76. The molecule has 2 aliphatic rings. The molecule has 0 aromatic carbocycles. The van der Waals surface area contributed by atoms with Gasteiger partial charge in [-0.05, 0) is 6.92 Å². The summed E-state index contributed by atoms with van der Waals surface area (Å²) in [6.07, 6.45) is -8.08. The first-order chi connectivity index (χ1) is 9.46. The van der Waals surface area contributed by atoms with Gasteiger partial charge in [-0.15, -0.1) is 0 Å². The van der Waals surface area contributed by atoms with E-state index in [0.29, 0.717) is 12.1 Å². The smallest absolute Gasteiger partial charge is 0.390 e. The molecule has 1 saturated heterocycles. The minimum atomic E-state index is -4.89. The van der Waals surface area contributed by atoms with Gasteiger partial charge in [-0.1, -0.05) is 18.7 Å². The zero-order valence-electron chi connectivity index (χ0n) is 12.1.